The van der Waals surface area contributed by atoms with Crippen LogP contribution in [0.1, 0.15) is 50.5 Å². The second-order valence-corrected chi connectivity index (χ2v) is 6.88. The van der Waals surface area contributed by atoms with Gasteiger partial charge in [0.05, 0.1) is 23.4 Å². The smallest absolute Gasteiger partial charge is 0.400 e. The van der Waals surface area contributed by atoms with E-state index >= 15 is 0 Å². The van der Waals surface area contributed by atoms with E-state index in [4.69, 9.17) is 9.31 Å². The molecule has 1 aliphatic rings. The topological polar surface area (TPSA) is 55.8 Å². The van der Waals surface area contributed by atoms with Crippen LogP contribution in [0.3, 0.4) is 0 Å². The third-order valence-corrected chi connectivity index (χ3v) is 4.55. The summed E-state index contributed by atoms with van der Waals surface area (Å²) in [5.74, 6) is -2.26. The normalized spacial score (nSPS) is 19.7. The van der Waals surface area contributed by atoms with Gasteiger partial charge in [-0.3, -0.25) is 4.79 Å². The van der Waals surface area contributed by atoms with Crippen molar-refractivity contribution >= 4 is 19.0 Å². The SMILES string of the molecule is CC(=O)c1cc(C=C(CO)B2OC(C)(C)C(C)(C)O2)c(F)cc1F. The molecule has 0 spiro atoms. The van der Waals surface area contributed by atoms with Crippen molar-refractivity contribution in [1.82, 2.24) is 0 Å². The molecule has 4 nitrogen and oxygen atoms in total. The molecular formula is C17H21BF2O4. The number of rotatable bonds is 4. The number of aliphatic hydroxyl groups is 1. The molecule has 1 aromatic carbocycles. The Labute approximate surface area is 140 Å². The van der Waals surface area contributed by atoms with Crippen LogP contribution in [0.25, 0.3) is 6.08 Å². The Hall–Kier alpha value is -1.57. The first-order valence-electron chi connectivity index (χ1n) is 7.65. The molecule has 0 saturated carbocycles. The molecule has 7 heteroatoms. The van der Waals surface area contributed by atoms with E-state index < -0.39 is 42.3 Å². The molecule has 0 bridgehead atoms. The van der Waals surface area contributed by atoms with Crippen molar-refractivity contribution in [1.29, 1.82) is 0 Å². The van der Waals surface area contributed by atoms with E-state index in [0.717, 1.165) is 6.07 Å². The van der Waals surface area contributed by atoms with Crippen molar-refractivity contribution in [3.05, 3.63) is 40.4 Å². The largest absolute Gasteiger partial charge is 0.492 e. The summed E-state index contributed by atoms with van der Waals surface area (Å²) in [7, 11) is -0.856. The molecule has 1 heterocycles. The summed E-state index contributed by atoms with van der Waals surface area (Å²) >= 11 is 0. The third kappa shape index (κ3) is 3.43. The number of carbonyl (C=O) groups is 1. The van der Waals surface area contributed by atoms with Gasteiger partial charge in [-0.05, 0) is 46.2 Å². The van der Waals surface area contributed by atoms with Gasteiger partial charge in [0.2, 0.25) is 0 Å². The fourth-order valence-corrected chi connectivity index (χ4v) is 2.33. The molecule has 1 aliphatic heterocycles. The monoisotopic (exact) mass is 338 g/mol. The lowest BCUT2D eigenvalue weighted by atomic mass is 9.77. The molecule has 2 rings (SSSR count). The first-order chi connectivity index (χ1) is 11.0. The first-order valence-corrected chi connectivity index (χ1v) is 7.65. The van der Waals surface area contributed by atoms with E-state index in [0.29, 0.717) is 6.07 Å². The zero-order chi connectivity index (χ0) is 18.3. The number of benzene rings is 1. The van der Waals surface area contributed by atoms with Crippen molar-refractivity contribution in [3.8, 4) is 0 Å². The minimum absolute atomic E-state index is 0.0136. The van der Waals surface area contributed by atoms with Crippen LogP contribution in [0.4, 0.5) is 8.78 Å². The van der Waals surface area contributed by atoms with Crippen LogP contribution in [-0.4, -0.2) is 35.8 Å². The second-order valence-electron chi connectivity index (χ2n) is 6.88. The summed E-state index contributed by atoms with van der Waals surface area (Å²) in [4.78, 5) is 11.4. The van der Waals surface area contributed by atoms with Gasteiger partial charge in [-0.2, -0.15) is 0 Å². The van der Waals surface area contributed by atoms with Crippen LogP contribution in [0.2, 0.25) is 0 Å². The fraction of sp³-hybridized carbons (Fsp3) is 0.471. The maximum atomic E-state index is 14.0. The van der Waals surface area contributed by atoms with Crippen LogP contribution in [0.15, 0.2) is 17.6 Å². The number of hydrogen-bond acceptors (Lipinski definition) is 4. The van der Waals surface area contributed by atoms with E-state index in [1.807, 2.05) is 27.7 Å². The van der Waals surface area contributed by atoms with E-state index in [-0.39, 0.29) is 16.6 Å². The van der Waals surface area contributed by atoms with Gasteiger partial charge in [-0.25, -0.2) is 8.78 Å². The van der Waals surface area contributed by atoms with E-state index in [1.54, 1.807) is 0 Å². The highest BCUT2D eigenvalue weighted by Crippen LogP contribution is 2.38. The molecule has 0 aromatic heterocycles. The van der Waals surface area contributed by atoms with Crippen molar-refractivity contribution < 1.29 is 28.0 Å². The molecule has 1 saturated heterocycles. The number of halogens is 2. The van der Waals surface area contributed by atoms with E-state index in [2.05, 4.69) is 0 Å². The Morgan fingerprint density at radius 2 is 1.71 bits per heavy atom. The summed E-state index contributed by atoms with van der Waals surface area (Å²) in [6, 6.07) is 1.77. The molecule has 0 unspecified atom stereocenters. The van der Waals surface area contributed by atoms with Crippen molar-refractivity contribution in [2.75, 3.05) is 6.61 Å². The average molecular weight is 338 g/mol. The highest BCUT2D eigenvalue weighted by Gasteiger charge is 2.52. The summed E-state index contributed by atoms with van der Waals surface area (Å²) in [6.07, 6.45) is 1.32. The molecular weight excluding hydrogens is 317 g/mol. The summed E-state index contributed by atoms with van der Waals surface area (Å²) in [5, 5.41) is 9.62. The maximum Gasteiger partial charge on any atom is 0.492 e. The van der Waals surface area contributed by atoms with Crippen molar-refractivity contribution in [3.63, 3.8) is 0 Å². The highest BCUT2D eigenvalue weighted by atomic mass is 19.1. The van der Waals surface area contributed by atoms with Gasteiger partial charge >= 0.3 is 7.12 Å². The first kappa shape index (κ1) is 18.8. The number of aliphatic hydroxyl groups excluding tert-OH is 1. The number of ketones is 1. The van der Waals surface area contributed by atoms with Gasteiger partial charge in [0.25, 0.3) is 0 Å². The second kappa shape index (κ2) is 6.39. The predicted octanol–water partition coefficient (Wildman–Crippen LogP) is 3.17. The van der Waals surface area contributed by atoms with Crippen LogP contribution in [0.5, 0.6) is 0 Å². The maximum absolute atomic E-state index is 14.0. The standard InChI is InChI=1S/C17H21BF2O4/c1-10(22)13-7-11(14(19)8-15(13)20)6-12(9-21)18-23-16(2,3)17(4,5)24-18/h6-8,21H,9H2,1-5H3. The zero-order valence-corrected chi connectivity index (χ0v) is 14.4. The number of Topliss-reactive ketones (excluding diaryl/α,β-unsaturated/α-hetero) is 1. The van der Waals surface area contributed by atoms with Crippen LogP contribution in [-0.2, 0) is 9.31 Å². The Bertz CT molecular complexity index is 682. The number of hydrogen-bond donors (Lipinski definition) is 1. The average Bonchev–Trinajstić information content (AvgIpc) is 2.66. The van der Waals surface area contributed by atoms with Crippen LogP contribution in [0, 0.1) is 11.6 Å². The molecule has 0 aliphatic carbocycles. The molecule has 24 heavy (non-hydrogen) atoms. The molecule has 0 radical (unpaired) electrons. The lowest BCUT2D eigenvalue weighted by molar-refractivity contribution is 0.00578. The highest BCUT2D eigenvalue weighted by molar-refractivity contribution is 6.55. The third-order valence-electron chi connectivity index (χ3n) is 4.55. The molecule has 1 aromatic rings. The van der Waals surface area contributed by atoms with Crippen LogP contribution >= 0.6 is 0 Å². The molecule has 130 valence electrons. The van der Waals surface area contributed by atoms with Gasteiger partial charge in [0.1, 0.15) is 11.6 Å². The Morgan fingerprint density at radius 1 is 1.17 bits per heavy atom. The quantitative estimate of drug-likeness (QED) is 0.677. The summed E-state index contributed by atoms with van der Waals surface area (Å²) < 4.78 is 39.3. The van der Waals surface area contributed by atoms with Gasteiger partial charge in [0, 0.05) is 11.6 Å². The van der Waals surface area contributed by atoms with Crippen molar-refractivity contribution in [2.45, 2.75) is 45.8 Å². The molecule has 0 atom stereocenters. The van der Waals surface area contributed by atoms with Crippen molar-refractivity contribution in [2.24, 2.45) is 0 Å². The lowest BCUT2D eigenvalue weighted by Gasteiger charge is -2.32. The van der Waals surface area contributed by atoms with Gasteiger partial charge in [-0.15, -0.1) is 0 Å². The van der Waals surface area contributed by atoms with E-state index in [1.165, 1.54) is 13.0 Å². The molecule has 1 fully saturated rings. The minimum atomic E-state index is -0.918. The Balaban J connectivity index is 2.42. The zero-order valence-electron chi connectivity index (χ0n) is 14.4. The number of carbonyl (C=O) groups excluding carboxylic acids is 1. The molecule has 1 N–H and O–H groups in total. The summed E-state index contributed by atoms with van der Waals surface area (Å²) in [5.41, 5.74) is -1.17. The Morgan fingerprint density at radius 3 is 2.17 bits per heavy atom. The molecule has 0 amide bonds. The Kier molecular flexibility index (Phi) is 5.00. The minimum Gasteiger partial charge on any atom is -0.400 e. The fourth-order valence-electron chi connectivity index (χ4n) is 2.33. The van der Waals surface area contributed by atoms with Gasteiger partial charge in [0.15, 0.2) is 5.78 Å². The summed E-state index contributed by atoms with van der Waals surface area (Å²) in [6.45, 7) is 8.19. The lowest BCUT2D eigenvalue weighted by Crippen LogP contribution is -2.41. The van der Waals surface area contributed by atoms with E-state index in [9.17, 15) is 18.7 Å². The van der Waals surface area contributed by atoms with Crippen LogP contribution < -0.4 is 0 Å². The predicted molar refractivity (Wildman–Crippen MR) is 87.5 cm³/mol. The van der Waals surface area contributed by atoms with Gasteiger partial charge < -0.3 is 14.4 Å². The van der Waals surface area contributed by atoms with Gasteiger partial charge in [-0.1, -0.05) is 6.08 Å².